The minimum atomic E-state index is -3.26. The lowest BCUT2D eigenvalue weighted by molar-refractivity contribution is -0.115. The van der Waals surface area contributed by atoms with Gasteiger partial charge in [0.1, 0.15) is 5.76 Å². The Morgan fingerprint density at radius 1 is 1.00 bits per heavy atom. The molecule has 1 aromatic heterocycles. The van der Waals surface area contributed by atoms with E-state index in [1.165, 1.54) is 6.26 Å². The Hall–Kier alpha value is -3.43. The van der Waals surface area contributed by atoms with Crippen LogP contribution in [0.3, 0.4) is 0 Å². The zero-order valence-corrected chi connectivity index (χ0v) is 18.6. The van der Waals surface area contributed by atoms with Crippen molar-refractivity contribution in [2.45, 2.75) is 24.4 Å². The highest BCUT2D eigenvalue weighted by Crippen LogP contribution is 2.17. The van der Waals surface area contributed by atoms with Crippen LogP contribution in [0.25, 0.3) is 0 Å². The van der Waals surface area contributed by atoms with Crippen LogP contribution in [0.2, 0.25) is 0 Å². The predicted octanol–water partition coefficient (Wildman–Crippen LogP) is 2.90. The lowest BCUT2D eigenvalue weighted by Gasteiger charge is -2.15. The van der Waals surface area contributed by atoms with Crippen molar-refractivity contribution < 1.29 is 22.4 Å². The highest BCUT2D eigenvalue weighted by molar-refractivity contribution is 7.90. The summed E-state index contributed by atoms with van der Waals surface area (Å²) >= 11 is 0. The number of hydrogen-bond acceptors (Lipinski definition) is 6. The molecule has 9 heteroatoms. The van der Waals surface area contributed by atoms with Crippen molar-refractivity contribution in [2.75, 3.05) is 18.1 Å². The highest BCUT2D eigenvalue weighted by atomic mass is 32.2. The Morgan fingerprint density at radius 3 is 2.38 bits per heavy atom. The first-order chi connectivity index (χ1) is 15.2. The van der Waals surface area contributed by atoms with E-state index in [-0.39, 0.29) is 35.8 Å². The van der Waals surface area contributed by atoms with Gasteiger partial charge >= 0.3 is 0 Å². The second-order valence-corrected chi connectivity index (χ2v) is 9.32. The van der Waals surface area contributed by atoms with Gasteiger partial charge in [-0.3, -0.25) is 9.59 Å². The van der Waals surface area contributed by atoms with E-state index in [9.17, 15) is 18.0 Å². The molecule has 1 heterocycles. The quantitative estimate of drug-likeness (QED) is 0.457. The third-order valence-electron chi connectivity index (χ3n) is 4.83. The summed E-state index contributed by atoms with van der Waals surface area (Å²) in [7, 11) is -3.26. The summed E-state index contributed by atoms with van der Waals surface area (Å²) in [6.07, 6.45) is 2.69. The molecule has 0 aliphatic carbocycles. The second kappa shape index (κ2) is 10.3. The zero-order chi connectivity index (χ0) is 23.1. The van der Waals surface area contributed by atoms with Gasteiger partial charge in [-0.1, -0.05) is 24.3 Å². The van der Waals surface area contributed by atoms with Crippen LogP contribution in [-0.2, 0) is 21.2 Å². The fraction of sp³-hybridized carbons (Fsp3) is 0.217. The van der Waals surface area contributed by atoms with E-state index >= 15 is 0 Å². The van der Waals surface area contributed by atoms with Crippen LogP contribution < -0.4 is 16.0 Å². The van der Waals surface area contributed by atoms with Crippen LogP contribution in [0.15, 0.2) is 76.2 Å². The van der Waals surface area contributed by atoms with Gasteiger partial charge in [-0.2, -0.15) is 0 Å². The first-order valence-corrected chi connectivity index (χ1v) is 11.9. The summed E-state index contributed by atoms with van der Waals surface area (Å²) in [6, 6.07) is 16.6. The molecule has 0 saturated heterocycles. The molecular weight excluding hydrogens is 430 g/mol. The van der Waals surface area contributed by atoms with Gasteiger partial charge in [0.05, 0.1) is 35.5 Å². The molecule has 0 radical (unpaired) electrons. The number of sulfone groups is 1. The van der Waals surface area contributed by atoms with Gasteiger partial charge in [0.25, 0.3) is 5.91 Å². The van der Waals surface area contributed by atoms with E-state index in [0.29, 0.717) is 17.0 Å². The van der Waals surface area contributed by atoms with Gasteiger partial charge < -0.3 is 20.4 Å². The SMILES string of the molecule is C[C@H](NCC(=O)Nc1ccccc1C(=O)NCc1ccco1)c1ccc(S(C)(=O)=O)cc1. The zero-order valence-electron chi connectivity index (χ0n) is 17.8. The fourth-order valence-corrected chi connectivity index (χ4v) is 3.66. The second-order valence-electron chi connectivity index (χ2n) is 7.30. The number of carbonyl (C=O) groups excluding carboxylic acids is 2. The third kappa shape index (κ3) is 6.29. The summed E-state index contributed by atoms with van der Waals surface area (Å²) < 4.78 is 28.4. The maximum Gasteiger partial charge on any atom is 0.253 e. The number of carbonyl (C=O) groups is 2. The van der Waals surface area contributed by atoms with Crippen molar-refractivity contribution in [1.29, 1.82) is 0 Å². The molecule has 3 aromatic rings. The van der Waals surface area contributed by atoms with Crippen molar-refractivity contribution in [3.8, 4) is 0 Å². The third-order valence-corrected chi connectivity index (χ3v) is 5.95. The number of para-hydroxylation sites is 1. The molecule has 32 heavy (non-hydrogen) atoms. The number of nitrogens with one attached hydrogen (secondary N) is 3. The number of anilines is 1. The van der Waals surface area contributed by atoms with Crippen LogP contribution in [0, 0.1) is 0 Å². The lowest BCUT2D eigenvalue weighted by Crippen LogP contribution is -2.31. The van der Waals surface area contributed by atoms with Crippen molar-refractivity contribution >= 4 is 27.3 Å². The first-order valence-electron chi connectivity index (χ1n) is 9.97. The highest BCUT2D eigenvalue weighted by Gasteiger charge is 2.15. The summed E-state index contributed by atoms with van der Waals surface area (Å²) in [4.78, 5) is 25.2. The van der Waals surface area contributed by atoms with E-state index in [1.54, 1.807) is 60.7 Å². The molecule has 3 rings (SSSR count). The Balaban J connectivity index is 1.56. The number of furan rings is 1. The average Bonchev–Trinajstić information content (AvgIpc) is 3.29. The maximum absolute atomic E-state index is 12.5. The minimum absolute atomic E-state index is 0.0113. The van der Waals surface area contributed by atoms with E-state index in [1.807, 2.05) is 6.92 Å². The maximum atomic E-state index is 12.5. The number of amides is 2. The fourth-order valence-electron chi connectivity index (χ4n) is 3.03. The van der Waals surface area contributed by atoms with Crippen LogP contribution >= 0.6 is 0 Å². The lowest BCUT2D eigenvalue weighted by atomic mass is 10.1. The Labute approximate surface area is 186 Å². The van der Waals surface area contributed by atoms with Crippen molar-refractivity contribution in [1.82, 2.24) is 10.6 Å². The predicted molar refractivity (Wildman–Crippen MR) is 121 cm³/mol. The van der Waals surface area contributed by atoms with Gasteiger partial charge in [-0.15, -0.1) is 0 Å². The summed E-state index contributed by atoms with van der Waals surface area (Å²) in [5.41, 5.74) is 1.60. The largest absolute Gasteiger partial charge is 0.467 e. The molecule has 0 aliphatic heterocycles. The summed E-state index contributed by atoms with van der Waals surface area (Å²) in [6.45, 7) is 2.13. The Morgan fingerprint density at radius 2 is 1.72 bits per heavy atom. The average molecular weight is 456 g/mol. The van der Waals surface area contributed by atoms with Crippen molar-refractivity contribution in [2.24, 2.45) is 0 Å². The van der Waals surface area contributed by atoms with E-state index < -0.39 is 9.84 Å². The normalized spacial score (nSPS) is 12.2. The molecule has 168 valence electrons. The molecule has 8 nitrogen and oxygen atoms in total. The van der Waals surface area contributed by atoms with Gasteiger partial charge in [0.15, 0.2) is 9.84 Å². The van der Waals surface area contributed by atoms with Gasteiger partial charge in [-0.25, -0.2) is 8.42 Å². The molecule has 0 bridgehead atoms. The molecule has 2 aromatic carbocycles. The first kappa shape index (κ1) is 23.2. The summed E-state index contributed by atoms with van der Waals surface area (Å²) in [5, 5.41) is 8.61. The number of benzene rings is 2. The number of rotatable bonds is 9. The Bertz CT molecular complexity index is 1170. The Kier molecular flexibility index (Phi) is 7.45. The molecule has 1 atom stereocenters. The minimum Gasteiger partial charge on any atom is -0.467 e. The monoisotopic (exact) mass is 455 g/mol. The molecule has 2 amide bonds. The van der Waals surface area contributed by atoms with Crippen molar-refractivity contribution in [3.63, 3.8) is 0 Å². The molecule has 0 unspecified atom stereocenters. The van der Waals surface area contributed by atoms with Gasteiger partial charge in [0, 0.05) is 12.3 Å². The van der Waals surface area contributed by atoms with Crippen LogP contribution in [0.5, 0.6) is 0 Å². The van der Waals surface area contributed by atoms with Crippen LogP contribution in [-0.4, -0.2) is 33.0 Å². The van der Waals surface area contributed by atoms with Crippen LogP contribution in [0.1, 0.15) is 34.6 Å². The topological polar surface area (TPSA) is 118 Å². The standard InChI is InChI=1S/C23H25N3O5S/c1-16(17-9-11-19(12-10-17)32(2,29)30)24-15-22(27)26-21-8-4-3-7-20(21)23(28)25-14-18-6-5-13-31-18/h3-13,16,24H,14-15H2,1-2H3,(H,25,28)(H,26,27)/t16-/m0/s1. The molecule has 0 fully saturated rings. The molecule has 0 aliphatic rings. The molecule has 3 N–H and O–H groups in total. The molecule has 0 saturated carbocycles. The van der Waals surface area contributed by atoms with E-state index in [0.717, 1.165) is 11.8 Å². The van der Waals surface area contributed by atoms with E-state index in [4.69, 9.17) is 4.42 Å². The molecular formula is C23H25N3O5S. The van der Waals surface area contributed by atoms with Crippen LogP contribution in [0.4, 0.5) is 5.69 Å². The molecule has 0 spiro atoms. The summed E-state index contributed by atoms with van der Waals surface area (Å²) in [5.74, 6) is -0.0110. The van der Waals surface area contributed by atoms with Crippen molar-refractivity contribution in [3.05, 3.63) is 83.8 Å². The van der Waals surface area contributed by atoms with E-state index in [2.05, 4.69) is 16.0 Å². The number of hydrogen-bond donors (Lipinski definition) is 3. The van der Waals surface area contributed by atoms with Gasteiger partial charge in [-0.05, 0) is 48.9 Å². The smallest absolute Gasteiger partial charge is 0.253 e. The van der Waals surface area contributed by atoms with Gasteiger partial charge in [0.2, 0.25) is 5.91 Å².